The zero-order valence-electron chi connectivity index (χ0n) is 6.03. The van der Waals surface area contributed by atoms with Gasteiger partial charge in [-0.3, -0.25) is 10.1 Å². The molecule has 0 saturated heterocycles. The van der Waals surface area contributed by atoms with Crippen molar-refractivity contribution >= 4 is 21.9 Å². The zero-order chi connectivity index (χ0) is 8.43. The van der Waals surface area contributed by atoms with Crippen molar-refractivity contribution in [3.8, 4) is 0 Å². The van der Waals surface area contributed by atoms with Crippen molar-refractivity contribution in [1.82, 2.24) is 0 Å². The molecule has 4 heteroatoms. The Labute approximate surface area is 68.1 Å². The molecule has 1 aromatic rings. The average Bonchev–Trinajstić information content (AvgIpc) is 2.32. The molecular formula is C7H7NO2S. The minimum Gasteiger partial charge on any atom is -0.258 e. The van der Waals surface area contributed by atoms with E-state index in [4.69, 9.17) is 0 Å². The van der Waals surface area contributed by atoms with E-state index in [-0.39, 0.29) is 9.92 Å². The summed E-state index contributed by atoms with van der Waals surface area (Å²) in [6.07, 6.45) is 0. The SMILES string of the molecule is C=C(C)c1ccsc1[N+](=O)[O-]. The summed E-state index contributed by atoms with van der Waals surface area (Å²) in [5.41, 5.74) is 1.37. The number of thiophene rings is 1. The highest BCUT2D eigenvalue weighted by Gasteiger charge is 2.14. The summed E-state index contributed by atoms with van der Waals surface area (Å²) in [6, 6.07) is 1.71. The molecule has 0 bridgehead atoms. The van der Waals surface area contributed by atoms with Crippen LogP contribution in [0.4, 0.5) is 5.00 Å². The maximum Gasteiger partial charge on any atom is 0.331 e. The number of hydrogen-bond acceptors (Lipinski definition) is 3. The molecule has 11 heavy (non-hydrogen) atoms. The fourth-order valence-corrected chi connectivity index (χ4v) is 1.56. The van der Waals surface area contributed by atoms with E-state index in [1.165, 1.54) is 0 Å². The molecule has 0 fully saturated rings. The number of rotatable bonds is 2. The first-order valence-corrected chi connectivity index (χ1v) is 3.88. The lowest BCUT2D eigenvalue weighted by Gasteiger charge is -1.92. The first-order chi connectivity index (χ1) is 5.13. The lowest BCUT2D eigenvalue weighted by atomic mass is 10.2. The van der Waals surface area contributed by atoms with E-state index in [0.717, 1.165) is 16.9 Å². The van der Waals surface area contributed by atoms with Gasteiger partial charge >= 0.3 is 5.00 Å². The second-order valence-electron chi connectivity index (χ2n) is 2.18. The van der Waals surface area contributed by atoms with Crippen LogP contribution in [-0.2, 0) is 0 Å². The molecule has 0 unspecified atom stereocenters. The van der Waals surface area contributed by atoms with Gasteiger partial charge in [-0.1, -0.05) is 17.9 Å². The fraction of sp³-hybridized carbons (Fsp3) is 0.143. The van der Waals surface area contributed by atoms with E-state index in [0.29, 0.717) is 5.56 Å². The lowest BCUT2D eigenvalue weighted by molar-refractivity contribution is -0.380. The van der Waals surface area contributed by atoms with Crippen LogP contribution in [-0.4, -0.2) is 4.92 Å². The minimum atomic E-state index is -0.380. The van der Waals surface area contributed by atoms with Gasteiger partial charge in [0, 0.05) is 0 Å². The van der Waals surface area contributed by atoms with Crippen molar-refractivity contribution < 1.29 is 4.92 Å². The van der Waals surface area contributed by atoms with Gasteiger partial charge in [0.1, 0.15) is 0 Å². The largest absolute Gasteiger partial charge is 0.331 e. The molecule has 0 amide bonds. The maximum absolute atomic E-state index is 10.4. The highest BCUT2D eigenvalue weighted by Crippen LogP contribution is 2.29. The average molecular weight is 169 g/mol. The molecule has 1 rings (SSSR count). The molecule has 0 aliphatic heterocycles. The third kappa shape index (κ3) is 1.46. The third-order valence-corrected chi connectivity index (χ3v) is 2.13. The second-order valence-corrected chi connectivity index (χ2v) is 3.07. The van der Waals surface area contributed by atoms with Crippen molar-refractivity contribution in [1.29, 1.82) is 0 Å². The van der Waals surface area contributed by atoms with Gasteiger partial charge in [-0.2, -0.15) is 0 Å². The molecule has 0 atom stereocenters. The van der Waals surface area contributed by atoms with Crippen molar-refractivity contribution in [3.63, 3.8) is 0 Å². The van der Waals surface area contributed by atoms with Gasteiger partial charge in [0.25, 0.3) is 0 Å². The Bertz CT molecular complexity index is 275. The Morgan fingerprint density at radius 2 is 2.45 bits per heavy atom. The Morgan fingerprint density at radius 1 is 1.82 bits per heavy atom. The van der Waals surface area contributed by atoms with Crippen molar-refractivity contribution in [2.45, 2.75) is 6.92 Å². The summed E-state index contributed by atoms with van der Waals surface area (Å²) in [7, 11) is 0. The Balaban J connectivity index is 3.16. The Morgan fingerprint density at radius 3 is 2.82 bits per heavy atom. The number of hydrogen-bond donors (Lipinski definition) is 0. The molecule has 0 aliphatic carbocycles. The van der Waals surface area contributed by atoms with Crippen LogP contribution in [0, 0.1) is 10.1 Å². The third-order valence-electron chi connectivity index (χ3n) is 1.27. The molecule has 0 N–H and O–H groups in total. The highest BCUT2D eigenvalue weighted by atomic mass is 32.1. The van der Waals surface area contributed by atoms with Gasteiger partial charge in [-0.15, -0.1) is 0 Å². The quantitative estimate of drug-likeness (QED) is 0.504. The van der Waals surface area contributed by atoms with Crippen LogP contribution in [0.1, 0.15) is 12.5 Å². The van der Waals surface area contributed by atoms with Gasteiger partial charge in [0.05, 0.1) is 10.5 Å². The van der Waals surface area contributed by atoms with Crippen LogP contribution in [0.15, 0.2) is 18.0 Å². The van der Waals surface area contributed by atoms with E-state index in [2.05, 4.69) is 6.58 Å². The smallest absolute Gasteiger partial charge is 0.258 e. The highest BCUT2D eigenvalue weighted by molar-refractivity contribution is 7.13. The van der Waals surface area contributed by atoms with E-state index in [1.807, 2.05) is 0 Å². The van der Waals surface area contributed by atoms with Crippen molar-refractivity contribution in [3.05, 3.63) is 33.7 Å². The molecule has 58 valence electrons. The van der Waals surface area contributed by atoms with E-state index in [9.17, 15) is 10.1 Å². The summed E-state index contributed by atoms with van der Waals surface area (Å²) in [5, 5.41) is 12.2. The number of nitro groups is 1. The summed E-state index contributed by atoms with van der Waals surface area (Å²) in [6.45, 7) is 5.40. The van der Waals surface area contributed by atoms with E-state index in [1.54, 1.807) is 18.4 Å². The standard InChI is InChI=1S/C7H7NO2S/c1-5(2)6-3-4-11-7(6)8(9)10/h3-4H,1H2,2H3. The van der Waals surface area contributed by atoms with Crippen LogP contribution in [0.25, 0.3) is 5.57 Å². The monoisotopic (exact) mass is 169 g/mol. The summed E-state index contributed by atoms with van der Waals surface area (Å²) >= 11 is 1.13. The lowest BCUT2D eigenvalue weighted by Crippen LogP contribution is -1.86. The van der Waals surface area contributed by atoms with Crippen molar-refractivity contribution in [2.75, 3.05) is 0 Å². The molecule has 3 nitrogen and oxygen atoms in total. The summed E-state index contributed by atoms with van der Waals surface area (Å²) in [4.78, 5) is 9.98. The van der Waals surface area contributed by atoms with Crippen LogP contribution >= 0.6 is 11.3 Å². The Kier molecular flexibility index (Phi) is 2.05. The first-order valence-electron chi connectivity index (χ1n) is 3.00. The van der Waals surface area contributed by atoms with Crippen molar-refractivity contribution in [2.24, 2.45) is 0 Å². The van der Waals surface area contributed by atoms with Crippen LogP contribution in [0.5, 0.6) is 0 Å². The summed E-state index contributed by atoms with van der Waals surface area (Å²) in [5.74, 6) is 0. The second kappa shape index (κ2) is 2.84. The number of allylic oxidation sites excluding steroid dienone is 1. The van der Waals surface area contributed by atoms with Gasteiger partial charge in [-0.25, -0.2) is 0 Å². The molecule has 1 heterocycles. The predicted molar refractivity (Wildman–Crippen MR) is 45.7 cm³/mol. The van der Waals surface area contributed by atoms with Gasteiger partial charge in [0.15, 0.2) is 0 Å². The maximum atomic E-state index is 10.4. The summed E-state index contributed by atoms with van der Waals surface area (Å²) < 4.78 is 0. The molecule has 0 aliphatic rings. The van der Waals surface area contributed by atoms with Gasteiger partial charge in [-0.05, 0) is 23.9 Å². The minimum absolute atomic E-state index is 0.178. The van der Waals surface area contributed by atoms with Crippen LogP contribution < -0.4 is 0 Å². The van der Waals surface area contributed by atoms with E-state index >= 15 is 0 Å². The fourth-order valence-electron chi connectivity index (χ4n) is 0.767. The molecular weight excluding hydrogens is 162 g/mol. The van der Waals surface area contributed by atoms with E-state index < -0.39 is 0 Å². The molecule has 0 aromatic carbocycles. The topological polar surface area (TPSA) is 43.1 Å². The molecule has 0 saturated carbocycles. The Hall–Kier alpha value is -1.16. The number of nitrogens with zero attached hydrogens (tertiary/aromatic N) is 1. The van der Waals surface area contributed by atoms with Crippen LogP contribution in [0.2, 0.25) is 0 Å². The molecule has 0 spiro atoms. The molecule has 0 radical (unpaired) electrons. The van der Waals surface area contributed by atoms with Crippen LogP contribution in [0.3, 0.4) is 0 Å². The molecule has 1 aromatic heterocycles. The predicted octanol–water partition coefficient (Wildman–Crippen LogP) is 2.69. The van der Waals surface area contributed by atoms with Gasteiger partial charge < -0.3 is 0 Å². The normalized spacial score (nSPS) is 9.55. The first kappa shape index (κ1) is 7.94. The zero-order valence-corrected chi connectivity index (χ0v) is 6.85. The van der Waals surface area contributed by atoms with Gasteiger partial charge in [0.2, 0.25) is 0 Å².